The molecule has 0 heterocycles. The highest BCUT2D eigenvalue weighted by molar-refractivity contribution is 14.1. The van der Waals surface area contributed by atoms with Crippen LogP contribution in [0.15, 0.2) is 42.5 Å². The van der Waals surface area contributed by atoms with Gasteiger partial charge < -0.3 is 5.32 Å². The number of hydrogen-bond donors (Lipinski definition) is 1. The minimum atomic E-state index is -0.165. The SMILES string of the molecule is Cc1ccc(NCc2ccccc2F)cc1I. The molecular formula is C14H13FIN. The lowest BCUT2D eigenvalue weighted by Gasteiger charge is -2.08. The van der Waals surface area contributed by atoms with Gasteiger partial charge >= 0.3 is 0 Å². The fourth-order valence-electron chi connectivity index (χ4n) is 1.54. The Kier molecular flexibility index (Phi) is 3.99. The van der Waals surface area contributed by atoms with Crippen molar-refractivity contribution in [1.82, 2.24) is 0 Å². The van der Waals surface area contributed by atoms with Crippen molar-refractivity contribution in [3.05, 3.63) is 63.0 Å². The Bertz CT molecular complexity index is 525. The van der Waals surface area contributed by atoms with Gasteiger partial charge in [-0.25, -0.2) is 4.39 Å². The summed E-state index contributed by atoms with van der Waals surface area (Å²) in [7, 11) is 0. The van der Waals surface area contributed by atoms with Gasteiger partial charge in [0, 0.05) is 21.4 Å². The van der Waals surface area contributed by atoms with Crippen LogP contribution in [0.25, 0.3) is 0 Å². The van der Waals surface area contributed by atoms with Gasteiger partial charge in [-0.05, 0) is 53.3 Å². The summed E-state index contributed by atoms with van der Waals surface area (Å²) in [4.78, 5) is 0. The number of rotatable bonds is 3. The van der Waals surface area contributed by atoms with Gasteiger partial charge in [-0.1, -0.05) is 24.3 Å². The number of nitrogens with one attached hydrogen (secondary N) is 1. The van der Waals surface area contributed by atoms with E-state index in [-0.39, 0.29) is 5.82 Å². The van der Waals surface area contributed by atoms with Crippen LogP contribution in [0, 0.1) is 16.3 Å². The van der Waals surface area contributed by atoms with Crippen molar-refractivity contribution in [3.8, 4) is 0 Å². The zero-order valence-electron chi connectivity index (χ0n) is 9.50. The molecule has 2 aromatic carbocycles. The summed E-state index contributed by atoms with van der Waals surface area (Å²) in [5.74, 6) is -0.165. The van der Waals surface area contributed by atoms with Crippen LogP contribution in [-0.4, -0.2) is 0 Å². The van der Waals surface area contributed by atoms with E-state index in [1.807, 2.05) is 12.1 Å². The fourth-order valence-corrected chi connectivity index (χ4v) is 2.06. The maximum absolute atomic E-state index is 13.4. The molecule has 0 aromatic heterocycles. The van der Waals surface area contributed by atoms with Gasteiger partial charge in [-0.3, -0.25) is 0 Å². The maximum atomic E-state index is 13.4. The van der Waals surface area contributed by atoms with Crippen molar-refractivity contribution in [2.45, 2.75) is 13.5 Å². The monoisotopic (exact) mass is 341 g/mol. The molecule has 88 valence electrons. The summed E-state index contributed by atoms with van der Waals surface area (Å²) < 4.78 is 14.6. The molecule has 0 aliphatic heterocycles. The smallest absolute Gasteiger partial charge is 0.128 e. The van der Waals surface area contributed by atoms with Crippen LogP contribution >= 0.6 is 22.6 Å². The van der Waals surface area contributed by atoms with Gasteiger partial charge in [0.05, 0.1) is 0 Å². The van der Waals surface area contributed by atoms with Gasteiger partial charge in [-0.2, -0.15) is 0 Å². The van der Waals surface area contributed by atoms with E-state index < -0.39 is 0 Å². The fraction of sp³-hybridized carbons (Fsp3) is 0.143. The second-order valence-corrected chi connectivity index (χ2v) is 5.07. The first-order valence-electron chi connectivity index (χ1n) is 5.40. The Labute approximate surface area is 114 Å². The normalized spacial score (nSPS) is 10.3. The topological polar surface area (TPSA) is 12.0 Å². The van der Waals surface area contributed by atoms with Crippen LogP contribution in [0.1, 0.15) is 11.1 Å². The number of anilines is 1. The molecule has 0 aliphatic carbocycles. The molecule has 0 spiro atoms. The second-order valence-electron chi connectivity index (χ2n) is 3.91. The first-order valence-corrected chi connectivity index (χ1v) is 6.48. The highest BCUT2D eigenvalue weighted by Gasteiger charge is 2.01. The van der Waals surface area contributed by atoms with Gasteiger partial charge in [0.1, 0.15) is 5.82 Å². The van der Waals surface area contributed by atoms with Crippen molar-refractivity contribution in [1.29, 1.82) is 0 Å². The molecule has 1 nitrogen and oxygen atoms in total. The zero-order valence-corrected chi connectivity index (χ0v) is 11.7. The Balaban J connectivity index is 2.08. The van der Waals surface area contributed by atoms with Crippen LogP contribution in [0.3, 0.4) is 0 Å². The number of halogens is 2. The first-order chi connectivity index (χ1) is 8.16. The zero-order chi connectivity index (χ0) is 12.3. The highest BCUT2D eigenvalue weighted by Crippen LogP contribution is 2.18. The maximum Gasteiger partial charge on any atom is 0.128 e. The standard InChI is InChI=1S/C14H13FIN/c1-10-6-7-12(8-14(10)16)17-9-11-4-2-3-5-13(11)15/h2-8,17H,9H2,1H3. The molecule has 2 aromatic rings. The van der Waals surface area contributed by atoms with Crippen molar-refractivity contribution >= 4 is 28.3 Å². The minimum Gasteiger partial charge on any atom is -0.381 e. The molecular weight excluding hydrogens is 328 g/mol. The van der Waals surface area contributed by atoms with E-state index in [0.717, 1.165) is 5.69 Å². The Hall–Kier alpha value is -1.10. The predicted molar refractivity (Wildman–Crippen MR) is 77.6 cm³/mol. The van der Waals surface area contributed by atoms with Crippen molar-refractivity contribution in [2.75, 3.05) is 5.32 Å². The van der Waals surface area contributed by atoms with E-state index in [0.29, 0.717) is 12.1 Å². The Morgan fingerprint density at radius 3 is 2.65 bits per heavy atom. The lowest BCUT2D eigenvalue weighted by molar-refractivity contribution is 0.613. The van der Waals surface area contributed by atoms with Crippen molar-refractivity contribution in [3.63, 3.8) is 0 Å². The number of benzene rings is 2. The summed E-state index contributed by atoms with van der Waals surface area (Å²) in [6.07, 6.45) is 0. The highest BCUT2D eigenvalue weighted by atomic mass is 127. The first kappa shape index (κ1) is 12.4. The van der Waals surface area contributed by atoms with E-state index >= 15 is 0 Å². The van der Waals surface area contributed by atoms with E-state index in [9.17, 15) is 4.39 Å². The third kappa shape index (κ3) is 3.19. The average Bonchev–Trinajstić information content (AvgIpc) is 2.32. The second kappa shape index (κ2) is 5.49. The molecule has 0 amide bonds. The lowest BCUT2D eigenvalue weighted by Crippen LogP contribution is -2.01. The molecule has 0 radical (unpaired) electrons. The summed E-state index contributed by atoms with van der Waals surface area (Å²) >= 11 is 2.30. The van der Waals surface area contributed by atoms with Crippen LogP contribution in [-0.2, 0) is 6.54 Å². The van der Waals surface area contributed by atoms with Crippen LogP contribution in [0.4, 0.5) is 10.1 Å². The molecule has 0 fully saturated rings. The van der Waals surface area contributed by atoms with Crippen LogP contribution in [0.5, 0.6) is 0 Å². The minimum absolute atomic E-state index is 0.165. The van der Waals surface area contributed by atoms with Gasteiger partial charge in [0.2, 0.25) is 0 Å². The molecule has 17 heavy (non-hydrogen) atoms. The molecule has 0 bridgehead atoms. The van der Waals surface area contributed by atoms with E-state index in [2.05, 4.69) is 47.0 Å². The summed E-state index contributed by atoms with van der Waals surface area (Å²) in [5.41, 5.74) is 2.95. The molecule has 1 N–H and O–H groups in total. The third-order valence-corrected chi connectivity index (χ3v) is 3.77. The largest absolute Gasteiger partial charge is 0.381 e. The van der Waals surface area contributed by atoms with E-state index in [4.69, 9.17) is 0 Å². The van der Waals surface area contributed by atoms with Gasteiger partial charge in [0.15, 0.2) is 0 Å². The molecule has 0 saturated carbocycles. The molecule has 3 heteroatoms. The molecule has 0 unspecified atom stereocenters. The lowest BCUT2D eigenvalue weighted by atomic mass is 10.2. The molecule has 0 atom stereocenters. The molecule has 0 aliphatic rings. The van der Waals surface area contributed by atoms with Crippen LogP contribution < -0.4 is 5.32 Å². The average molecular weight is 341 g/mol. The Morgan fingerprint density at radius 2 is 1.94 bits per heavy atom. The van der Waals surface area contributed by atoms with Crippen LogP contribution in [0.2, 0.25) is 0 Å². The summed E-state index contributed by atoms with van der Waals surface area (Å²) in [5, 5.41) is 3.23. The Morgan fingerprint density at radius 1 is 1.18 bits per heavy atom. The summed E-state index contributed by atoms with van der Waals surface area (Å²) in [6, 6.07) is 13.0. The third-order valence-electron chi connectivity index (χ3n) is 2.61. The predicted octanol–water partition coefficient (Wildman–Crippen LogP) is 4.35. The van der Waals surface area contributed by atoms with Gasteiger partial charge in [-0.15, -0.1) is 0 Å². The quantitative estimate of drug-likeness (QED) is 0.819. The number of aryl methyl sites for hydroxylation is 1. The van der Waals surface area contributed by atoms with E-state index in [1.54, 1.807) is 12.1 Å². The molecule has 2 rings (SSSR count). The summed E-state index contributed by atoms with van der Waals surface area (Å²) in [6.45, 7) is 2.58. The van der Waals surface area contributed by atoms with Crippen molar-refractivity contribution < 1.29 is 4.39 Å². The van der Waals surface area contributed by atoms with E-state index in [1.165, 1.54) is 15.2 Å². The number of hydrogen-bond acceptors (Lipinski definition) is 1. The van der Waals surface area contributed by atoms with Crippen molar-refractivity contribution in [2.24, 2.45) is 0 Å². The molecule has 0 saturated heterocycles. The van der Waals surface area contributed by atoms with Gasteiger partial charge in [0.25, 0.3) is 0 Å².